The summed E-state index contributed by atoms with van der Waals surface area (Å²) < 4.78 is 0. The molecule has 0 saturated heterocycles. The summed E-state index contributed by atoms with van der Waals surface area (Å²) in [5.74, 6) is 0. The Balaban J connectivity index is 1.79. The van der Waals surface area contributed by atoms with Crippen LogP contribution in [0.25, 0.3) is 0 Å². The molecule has 0 amide bonds. The van der Waals surface area contributed by atoms with E-state index in [1.165, 1.54) is 28.2 Å². The van der Waals surface area contributed by atoms with Gasteiger partial charge in [0.05, 0.1) is 0 Å². The quantitative estimate of drug-likeness (QED) is 0.571. The lowest BCUT2D eigenvalue weighted by Crippen LogP contribution is -2.55. The first-order valence-corrected chi connectivity index (χ1v) is 9.22. The average Bonchev–Trinajstić information content (AvgIpc) is 2.68. The lowest BCUT2D eigenvalue weighted by atomic mass is 9.93. The fraction of sp³-hybridized carbons (Fsp3) is 0.182. The second kappa shape index (κ2) is 5.68. The number of anilines is 3. The molecule has 0 aromatic heterocycles. The number of fused-ring (bicyclic) bond motifs is 6. The summed E-state index contributed by atoms with van der Waals surface area (Å²) in [6, 6.07) is 25.6. The molecular weight excluding hydrogens is 342 g/mol. The van der Waals surface area contributed by atoms with Gasteiger partial charge in [0.15, 0.2) is 0 Å². The van der Waals surface area contributed by atoms with E-state index in [4.69, 9.17) is 11.6 Å². The summed E-state index contributed by atoms with van der Waals surface area (Å²) in [6.07, 6.45) is 0.284. The molecule has 0 saturated carbocycles. The Morgan fingerprint density at radius 3 is 1.62 bits per heavy atom. The minimum atomic E-state index is 0.142. The normalized spacial score (nSPS) is 20.7. The van der Waals surface area contributed by atoms with Gasteiger partial charge in [-0.3, -0.25) is 0 Å². The first-order valence-electron chi connectivity index (χ1n) is 8.84. The molecule has 4 heteroatoms. The molecule has 3 aromatic rings. The van der Waals surface area contributed by atoms with Crippen molar-refractivity contribution in [2.45, 2.75) is 12.3 Å². The topological polar surface area (TPSA) is 9.72 Å². The largest absolute Gasteiger partial charge is 0.350 e. The first-order chi connectivity index (χ1) is 12.7. The van der Waals surface area contributed by atoms with Crippen LogP contribution in [0, 0.1) is 0 Å². The number of halogens is 1. The molecule has 0 N–H and O–H groups in total. The van der Waals surface area contributed by atoms with Gasteiger partial charge in [-0.05, 0) is 36.4 Å². The smallest absolute Gasteiger partial charge is 0.132 e. The molecule has 2 atom stereocenters. The lowest BCUT2D eigenvalue weighted by Gasteiger charge is -2.56. The van der Waals surface area contributed by atoms with Crippen LogP contribution in [-0.4, -0.2) is 14.1 Å². The Labute approximate surface area is 159 Å². The minimum absolute atomic E-state index is 0.142. The van der Waals surface area contributed by atoms with Crippen molar-refractivity contribution in [1.82, 2.24) is 0 Å². The maximum absolute atomic E-state index is 6.15. The first kappa shape index (κ1) is 15.6. The second-order valence-corrected chi connectivity index (χ2v) is 7.41. The highest BCUT2D eigenvalue weighted by Crippen LogP contribution is 2.53. The molecule has 5 rings (SSSR count). The molecule has 2 aliphatic heterocycles. The fourth-order valence-electron chi connectivity index (χ4n) is 4.44. The van der Waals surface area contributed by atoms with Gasteiger partial charge in [0.25, 0.3) is 0 Å². The van der Waals surface area contributed by atoms with E-state index in [-0.39, 0.29) is 12.3 Å². The number of benzene rings is 3. The third-order valence-electron chi connectivity index (χ3n) is 5.58. The monoisotopic (exact) mass is 361 g/mol. The van der Waals surface area contributed by atoms with Gasteiger partial charge in [0.2, 0.25) is 0 Å². The van der Waals surface area contributed by atoms with Crippen molar-refractivity contribution in [3.8, 4) is 0 Å². The molecule has 3 nitrogen and oxygen atoms in total. The molecular formula is C22H20ClN3. The Morgan fingerprint density at radius 1 is 0.654 bits per heavy atom. The maximum atomic E-state index is 6.15. The van der Waals surface area contributed by atoms with Crippen LogP contribution in [0.15, 0.2) is 72.8 Å². The van der Waals surface area contributed by atoms with E-state index in [0.29, 0.717) is 0 Å². The molecule has 26 heavy (non-hydrogen) atoms. The fourth-order valence-corrected chi connectivity index (χ4v) is 4.56. The van der Waals surface area contributed by atoms with Crippen LogP contribution in [0.3, 0.4) is 0 Å². The molecule has 0 spiro atoms. The van der Waals surface area contributed by atoms with Gasteiger partial charge in [0.1, 0.15) is 12.3 Å². The van der Waals surface area contributed by atoms with Gasteiger partial charge in [-0.15, -0.1) is 0 Å². The van der Waals surface area contributed by atoms with E-state index < -0.39 is 0 Å². The summed E-state index contributed by atoms with van der Waals surface area (Å²) in [6.45, 7) is 0. The van der Waals surface area contributed by atoms with Crippen LogP contribution in [0.5, 0.6) is 0 Å². The molecule has 2 unspecified atom stereocenters. The second-order valence-electron chi connectivity index (χ2n) is 6.97. The Kier molecular flexibility index (Phi) is 3.41. The van der Waals surface area contributed by atoms with Crippen LogP contribution < -0.4 is 14.7 Å². The van der Waals surface area contributed by atoms with E-state index >= 15 is 0 Å². The van der Waals surface area contributed by atoms with E-state index in [1.54, 1.807) is 0 Å². The molecule has 0 radical (unpaired) electrons. The third-order valence-corrected chi connectivity index (χ3v) is 5.83. The van der Waals surface area contributed by atoms with Crippen molar-refractivity contribution >= 4 is 28.7 Å². The van der Waals surface area contributed by atoms with Gasteiger partial charge >= 0.3 is 0 Å². The van der Waals surface area contributed by atoms with E-state index in [0.717, 1.165) is 5.02 Å². The summed E-state index contributed by atoms with van der Waals surface area (Å²) in [5.41, 5.74) is 6.38. The Bertz CT molecular complexity index is 912. The molecule has 2 aliphatic rings. The van der Waals surface area contributed by atoms with Crippen molar-refractivity contribution in [3.63, 3.8) is 0 Å². The van der Waals surface area contributed by atoms with Crippen molar-refractivity contribution < 1.29 is 0 Å². The average molecular weight is 362 g/mol. The highest BCUT2D eigenvalue weighted by atomic mass is 35.5. The van der Waals surface area contributed by atoms with Gasteiger partial charge in [-0.25, -0.2) is 0 Å². The number of rotatable bonds is 1. The summed E-state index contributed by atoms with van der Waals surface area (Å²) in [7, 11) is 4.37. The predicted octanol–water partition coefficient (Wildman–Crippen LogP) is 5.44. The van der Waals surface area contributed by atoms with E-state index in [1.807, 2.05) is 12.1 Å². The number of hydrogen-bond acceptors (Lipinski definition) is 3. The van der Waals surface area contributed by atoms with E-state index in [2.05, 4.69) is 89.5 Å². The van der Waals surface area contributed by atoms with Crippen molar-refractivity contribution in [1.29, 1.82) is 0 Å². The van der Waals surface area contributed by atoms with Crippen molar-refractivity contribution in [2.75, 3.05) is 28.8 Å². The molecule has 2 bridgehead atoms. The molecule has 0 fully saturated rings. The zero-order chi connectivity index (χ0) is 17.8. The molecule has 3 aromatic carbocycles. The third kappa shape index (κ3) is 2.07. The number of nitrogens with zero attached hydrogens (tertiary/aromatic N) is 3. The predicted molar refractivity (Wildman–Crippen MR) is 109 cm³/mol. The number of para-hydroxylation sites is 2. The highest BCUT2D eigenvalue weighted by Gasteiger charge is 2.45. The standard InChI is InChI=1S/C22H20ClN3/c1-24-19-9-5-3-7-17(19)22-25(2)20-10-6-4-8-18(20)21(24)26(22)16-13-11-15(23)12-14-16/h3-14,21-22H,1-2H3. The summed E-state index contributed by atoms with van der Waals surface area (Å²) in [5, 5.41) is 0.762. The molecule has 0 aliphatic carbocycles. The van der Waals surface area contributed by atoms with E-state index in [9.17, 15) is 0 Å². The highest BCUT2D eigenvalue weighted by molar-refractivity contribution is 6.30. The zero-order valence-corrected chi connectivity index (χ0v) is 15.6. The van der Waals surface area contributed by atoms with Crippen LogP contribution >= 0.6 is 11.6 Å². The summed E-state index contributed by atoms with van der Waals surface area (Å²) in [4.78, 5) is 7.25. The SMILES string of the molecule is CN1c2ccccc2C2N(C)c3ccccc3C1N2c1ccc(Cl)cc1. The van der Waals surface area contributed by atoms with Gasteiger partial charge < -0.3 is 14.7 Å². The van der Waals surface area contributed by atoms with Crippen LogP contribution in [0.4, 0.5) is 17.1 Å². The summed E-state index contributed by atoms with van der Waals surface area (Å²) >= 11 is 6.15. The number of hydrogen-bond donors (Lipinski definition) is 0. The Morgan fingerprint density at radius 2 is 1.12 bits per heavy atom. The van der Waals surface area contributed by atoms with Gasteiger partial charge in [-0.2, -0.15) is 0 Å². The molecule has 2 heterocycles. The van der Waals surface area contributed by atoms with Gasteiger partial charge in [0, 0.05) is 47.3 Å². The van der Waals surface area contributed by atoms with Crippen molar-refractivity contribution in [2.24, 2.45) is 0 Å². The Hall–Kier alpha value is -2.65. The molecule has 130 valence electrons. The van der Waals surface area contributed by atoms with Crippen LogP contribution in [0.2, 0.25) is 5.02 Å². The van der Waals surface area contributed by atoms with Crippen LogP contribution in [0.1, 0.15) is 23.5 Å². The van der Waals surface area contributed by atoms with Crippen molar-refractivity contribution in [3.05, 3.63) is 88.9 Å². The maximum Gasteiger partial charge on any atom is 0.132 e. The minimum Gasteiger partial charge on any atom is -0.350 e. The zero-order valence-electron chi connectivity index (χ0n) is 14.8. The lowest BCUT2D eigenvalue weighted by molar-refractivity contribution is 0.464. The van der Waals surface area contributed by atoms with Gasteiger partial charge in [-0.1, -0.05) is 48.0 Å². The van der Waals surface area contributed by atoms with Crippen LogP contribution in [-0.2, 0) is 0 Å².